The van der Waals surface area contributed by atoms with E-state index in [1.807, 2.05) is 17.0 Å². The predicted molar refractivity (Wildman–Crippen MR) is 104 cm³/mol. The summed E-state index contributed by atoms with van der Waals surface area (Å²) in [4.78, 5) is 29.7. The summed E-state index contributed by atoms with van der Waals surface area (Å²) in [5.41, 5.74) is 0.598. The third kappa shape index (κ3) is 5.37. The molecule has 1 saturated heterocycles. The fourth-order valence-corrected chi connectivity index (χ4v) is 3.04. The van der Waals surface area contributed by atoms with Crippen molar-refractivity contribution in [3.05, 3.63) is 42.4 Å². The first kappa shape index (κ1) is 19.0. The maximum absolute atomic E-state index is 12.8. The van der Waals surface area contributed by atoms with Crippen molar-refractivity contribution in [3.63, 3.8) is 0 Å². The second-order valence-corrected chi connectivity index (χ2v) is 6.47. The number of carbonyl (C=O) groups is 1. The lowest BCUT2D eigenvalue weighted by Gasteiger charge is -2.22. The van der Waals surface area contributed by atoms with Gasteiger partial charge in [0, 0.05) is 57.9 Å². The van der Waals surface area contributed by atoms with Crippen molar-refractivity contribution in [2.75, 3.05) is 49.5 Å². The molecule has 27 heavy (non-hydrogen) atoms. The maximum Gasteiger partial charge on any atom is 0.255 e. The van der Waals surface area contributed by atoms with Gasteiger partial charge in [-0.05, 0) is 37.5 Å². The summed E-state index contributed by atoms with van der Waals surface area (Å²) in [6, 6.07) is 5.44. The molecule has 8 nitrogen and oxygen atoms in total. The lowest BCUT2D eigenvalue weighted by molar-refractivity contribution is 0.0766. The molecule has 0 bridgehead atoms. The molecule has 144 valence electrons. The van der Waals surface area contributed by atoms with Crippen molar-refractivity contribution in [1.29, 1.82) is 0 Å². The highest BCUT2D eigenvalue weighted by Crippen LogP contribution is 2.13. The maximum atomic E-state index is 12.8. The first-order chi connectivity index (χ1) is 13.3. The molecule has 3 rings (SSSR count). The van der Waals surface area contributed by atoms with Crippen LogP contribution in [0, 0.1) is 0 Å². The third-order valence-electron chi connectivity index (χ3n) is 4.52. The van der Waals surface area contributed by atoms with Gasteiger partial charge in [0.1, 0.15) is 5.82 Å². The van der Waals surface area contributed by atoms with Crippen molar-refractivity contribution in [2.24, 2.45) is 0 Å². The number of aromatic nitrogens is 3. The quantitative estimate of drug-likeness (QED) is 0.712. The Bertz CT molecular complexity index is 710. The van der Waals surface area contributed by atoms with Crippen LogP contribution >= 0.6 is 0 Å². The Morgan fingerprint density at radius 2 is 1.93 bits per heavy atom. The van der Waals surface area contributed by atoms with Crippen LogP contribution in [0.15, 0.2) is 36.8 Å². The molecule has 0 atom stereocenters. The number of pyridine rings is 1. The van der Waals surface area contributed by atoms with Gasteiger partial charge >= 0.3 is 0 Å². The first-order valence-electron chi connectivity index (χ1n) is 9.40. The number of amides is 1. The topological polar surface area (TPSA) is 94.5 Å². The minimum atomic E-state index is 0.00478. The molecule has 0 radical (unpaired) electrons. The van der Waals surface area contributed by atoms with E-state index in [1.165, 1.54) is 0 Å². The van der Waals surface area contributed by atoms with Crippen LogP contribution in [0.2, 0.25) is 0 Å². The van der Waals surface area contributed by atoms with Crippen LogP contribution in [0.1, 0.15) is 29.6 Å². The number of aliphatic hydroxyl groups excluding tert-OH is 1. The zero-order valence-electron chi connectivity index (χ0n) is 15.4. The molecule has 2 aromatic heterocycles. The molecule has 0 unspecified atom stereocenters. The van der Waals surface area contributed by atoms with Gasteiger partial charge in [-0.1, -0.05) is 0 Å². The zero-order chi connectivity index (χ0) is 18.9. The zero-order valence-corrected chi connectivity index (χ0v) is 15.4. The number of nitrogens with zero attached hydrogens (tertiary/aromatic N) is 5. The molecule has 8 heteroatoms. The van der Waals surface area contributed by atoms with Crippen LogP contribution in [0.3, 0.4) is 0 Å². The van der Waals surface area contributed by atoms with Gasteiger partial charge in [0.2, 0.25) is 5.95 Å². The summed E-state index contributed by atoms with van der Waals surface area (Å²) in [5.74, 6) is 1.46. The number of anilines is 2. The molecule has 1 fully saturated rings. The van der Waals surface area contributed by atoms with Crippen molar-refractivity contribution in [2.45, 2.75) is 19.3 Å². The van der Waals surface area contributed by atoms with Gasteiger partial charge in [0.15, 0.2) is 0 Å². The molecule has 1 aliphatic heterocycles. The van der Waals surface area contributed by atoms with E-state index in [2.05, 4.69) is 25.2 Å². The highest BCUT2D eigenvalue weighted by molar-refractivity contribution is 5.94. The second kappa shape index (κ2) is 9.82. The van der Waals surface area contributed by atoms with E-state index in [0.717, 1.165) is 38.2 Å². The number of rotatable bonds is 7. The van der Waals surface area contributed by atoms with Crippen molar-refractivity contribution < 1.29 is 9.90 Å². The first-order valence-corrected chi connectivity index (χ1v) is 9.40. The SMILES string of the molecule is O=C(c1ccc(NCCCCO)nc1)N1CCCN(c2ncccn2)CC1. The molecule has 3 heterocycles. The summed E-state index contributed by atoms with van der Waals surface area (Å²) in [7, 11) is 0. The summed E-state index contributed by atoms with van der Waals surface area (Å²) in [6.45, 7) is 3.86. The largest absolute Gasteiger partial charge is 0.396 e. The standard InChI is InChI=1S/C19H26N6O2/c26-14-2-1-7-20-17-6-5-16(15-23-17)18(27)24-10-4-11-25(13-12-24)19-21-8-3-9-22-19/h3,5-6,8-9,15,26H,1-2,4,7,10-14H2,(H,20,23). The fraction of sp³-hybridized carbons (Fsp3) is 0.474. The smallest absolute Gasteiger partial charge is 0.255 e. The van der Waals surface area contributed by atoms with Crippen LogP contribution in [0.4, 0.5) is 11.8 Å². The molecular formula is C19H26N6O2. The van der Waals surface area contributed by atoms with Gasteiger partial charge in [0.05, 0.1) is 5.56 Å². The van der Waals surface area contributed by atoms with Gasteiger partial charge in [-0.3, -0.25) is 4.79 Å². The van der Waals surface area contributed by atoms with E-state index in [-0.39, 0.29) is 12.5 Å². The van der Waals surface area contributed by atoms with E-state index < -0.39 is 0 Å². The summed E-state index contributed by atoms with van der Waals surface area (Å²) >= 11 is 0. The number of hydrogen-bond acceptors (Lipinski definition) is 7. The number of nitrogens with one attached hydrogen (secondary N) is 1. The summed E-state index contributed by atoms with van der Waals surface area (Å²) in [6.07, 6.45) is 7.63. The van der Waals surface area contributed by atoms with E-state index in [4.69, 9.17) is 5.11 Å². The van der Waals surface area contributed by atoms with Gasteiger partial charge in [0.25, 0.3) is 5.91 Å². The van der Waals surface area contributed by atoms with Crippen molar-refractivity contribution in [3.8, 4) is 0 Å². The Labute approximate surface area is 159 Å². The number of aliphatic hydroxyl groups is 1. The highest BCUT2D eigenvalue weighted by atomic mass is 16.2. The average Bonchev–Trinajstić information content (AvgIpc) is 2.98. The van der Waals surface area contributed by atoms with Crippen LogP contribution in [0.5, 0.6) is 0 Å². The molecule has 1 aliphatic rings. The normalized spacial score (nSPS) is 14.7. The molecule has 1 amide bonds. The van der Waals surface area contributed by atoms with Crippen molar-refractivity contribution >= 4 is 17.7 Å². The van der Waals surface area contributed by atoms with Crippen LogP contribution in [0.25, 0.3) is 0 Å². The molecule has 0 aliphatic carbocycles. The minimum Gasteiger partial charge on any atom is -0.396 e. The lowest BCUT2D eigenvalue weighted by atomic mass is 10.2. The molecule has 0 aromatic carbocycles. The highest BCUT2D eigenvalue weighted by Gasteiger charge is 2.21. The van der Waals surface area contributed by atoms with Crippen LogP contribution in [-0.2, 0) is 0 Å². The Morgan fingerprint density at radius 1 is 1.07 bits per heavy atom. The monoisotopic (exact) mass is 370 g/mol. The minimum absolute atomic E-state index is 0.00478. The third-order valence-corrected chi connectivity index (χ3v) is 4.52. The summed E-state index contributed by atoms with van der Waals surface area (Å²) < 4.78 is 0. The van der Waals surface area contributed by atoms with Gasteiger partial charge < -0.3 is 20.2 Å². The molecular weight excluding hydrogens is 344 g/mol. The van der Waals surface area contributed by atoms with E-state index >= 15 is 0 Å². The Hall–Kier alpha value is -2.74. The van der Waals surface area contributed by atoms with Gasteiger partial charge in [-0.25, -0.2) is 15.0 Å². The fourth-order valence-electron chi connectivity index (χ4n) is 3.04. The Morgan fingerprint density at radius 3 is 2.67 bits per heavy atom. The van der Waals surface area contributed by atoms with E-state index in [0.29, 0.717) is 31.1 Å². The summed E-state index contributed by atoms with van der Waals surface area (Å²) in [5, 5.41) is 12.0. The molecule has 2 N–H and O–H groups in total. The molecule has 0 spiro atoms. The Kier molecular flexibility index (Phi) is 6.92. The Balaban J connectivity index is 1.54. The molecule has 0 saturated carbocycles. The van der Waals surface area contributed by atoms with E-state index in [9.17, 15) is 4.79 Å². The van der Waals surface area contributed by atoms with Crippen molar-refractivity contribution in [1.82, 2.24) is 19.9 Å². The lowest BCUT2D eigenvalue weighted by Crippen LogP contribution is -2.35. The molecule has 2 aromatic rings. The van der Waals surface area contributed by atoms with Gasteiger partial charge in [-0.2, -0.15) is 0 Å². The predicted octanol–water partition coefficient (Wildman–Crippen LogP) is 1.41. The van der Waals surface area contributed by atoms with Crippen LogP contribution < -0.4 is 10.2 Å². The van der Waals surface area contributed by atoms with Gasteiger partial charge in [-0.15, -0.1) is 0 Å². The average molecular weight is 370 g/mol. The van der Waals surface area contributed by atoms with Crippen LogP contribution in [-0.4, -0.2) is 70.2 Å². The number of hydrogen-bond donors (Lipinski definition) is 2. The van der Waals surface area contributed by atoms with E-state index in [1.54, 1.807) is 24.7 Å². The number of unbranched alkanes of at least 4 members (excludes halogenated alkanes) is 1. The number of carbonyl (C=O) groups excluding carboxylic acids is 1. The second-order valence-electron chi connectivity index (χ2n) is 6.47.